The Morgan fingerprint density at radius 1 is 0.159 bits per heavy atom. The van der Waals surface area contributed by atoms with Gasteiger partial charge in [0.15, 0.2) is 0 Å². The second-order valence-corrected chi connectivity index (χ2v) is 39.6. The molecule has 138 heavy (non-hydrogen) atoms. The quantitative estimate of drug-likeness (QED) is 0.121. The van der Waals surface area contributed by atoms with Crippen LogP contribution >= 0.6 is 0 Å². The number of benzene rings is 21. The van der Waals surface area contributed by atoms with Crippen molar-refractivity contribution >= 4 is 77.7 Å². The molecule has 21 aromatic carbocycles. The Balaban J connectivity index is 0.554. The van der Waals surface area contributed by atoms with Crippen molar-refractivity contribution in [3.63, 3.8) is 0 Å². The van der Waals surface area contributed by atoms with E-state index in [1.54, 1.807) is 0 Å². The van der Waals surface area contributed by atoms with Crippen molar-refractivity contribution in [2.75, 3.05) is 9.80 Å². The molecule has 0 atom stereocenters. The van der Waals surface area contributed by atoms with Crippen LogP contribution in [0.15, 0.2) is 473 Å². The van der Waals surface area contributed by atoms with Crippen LogP contribution in [0.25, 0.3) is 166 Å². The molecule has 2 aromatic heterocycles. The maximum absolute atomic E-state index is 2.57. The first kappa shape index (κ1) is 78.3. The largest absolute Gasteiger partial charge is 0.310 e. The molecule has 0 N–H and O–H groups in total. The lowest BCUT2D eigenvalue weighted by atomic mass is 9.70. The van der Waals surface area contributed by atoms with Crippen LogP contribution in [0.5, 0.6) is 0 Å². The van der Waals surface area contributed by atoms with Crippen LogP contribution in [0, 0.1) is 0 Å². The molecule has 6 aliphatic carbocycles. The summed E-state index contributed by atoms with van der Waals surface area (Å²) >= 11 is 0. The van der Waals surface area contributed by atoms with Crippen molar-refractivity contribution in [3.8, 4) is 123 Å². The second kappa shape index (κ2) is 29.2. The third kappa shape index (κ3) is 10.8. The molecule has 0 saturated heterocycles. The summed E-state index contributed by atoms with van der Waals surface area (Å²) in [5.41, 5.74) is 52.1. The molecule has 0 bridgehead atoms. The predicted octanol–water partition coefficient (Wildman–Crippen LogP) is 34.8. The maximum atomic E-state index is 2.57. The summed E-state index contributed by atoms with van der Waals surface area (Å²) in [4.78, 5) is 5.07. The van der Waals surface area contributed by atoms with Gasteiger partial charge < -0.3 is 18.9 Å². The summed E-state index contributed by atoms with van der Waals surface area (Å²) < 4.78 is 5.08. The van der Waals surface area contributed by atoms with E-state index in [0.29, 0.717) is 0 Å². The van der Waals surface area contributed by atoms with Gasteiger partial charge in [0, 0.05) is 77.6 Å². The van der Waals surface area contributed by atoms with Crippen molar-refractivity contribution in [1.29, 1.82) is 0 Å². The standard InChI is InChI=1S/C134H90N4/c1-131(2)111-73-58-89(76-108(111)101-69-65-93(79-119(101)131)135(91-61-54-86(55-62-91)83-30-8-5-9-31-83)95-67-71-106-121(81-95)133(113-43-21-14-36-97(113)98-37-15-22-44-114(98)133)117-47-28-52-127(129(106)117)137-123-49-25-18-40-103(123)104-41-19-26-50-124(104)137)90-59-74-112-109(77-90)102-70-66-94(80-120(102)132(112,3)4)136(92-63-56-87(57-64-92)84-32-10-6-11-33-84)96-68-72-107-122(82-96)134(115-45-23-16-38-99(115)100-39-17-24-46-116(100)134)118-48-29-53-128(130(107)118)138-125-51-27-20-42-105(125)110-78-88(60-75-126(110)138)85-34-12-7-13-35-85/h5-82H,1-4H3. The third-order valence-electron chi connectivity index (χ3n) is 32.1. The van der Waals surface area contributed by atoms with Gasteiger partial charge in [-0.2, -0.15) is 0 Å². The number of anilines is 6. The van der Waals surface area contributed by atoms with Crippen LogP contribution in [-0.4, -0.2) is 9.13 Å². The van der Waals surface area contributed by atoms with Crippen LogP contribution in [0.3, 0.4) is 0 Å². The lowest BCUT2D eigenvalue weighted by Crippen LogP contribution is -2.26. The van der Waals surface area contributed by atoms with Gasteiger partial charge in [-0.05, 0) is 294 Å². The molecule has 0 unspecified atom stereocenters. The fourth-order valence-corrected chi connectivity index (χ4v) is 26.1. The van der Waals surface area contributed by atoms with E-state index < -0.39 is 10.8 Å². The van der Waals surface area contributed by atoms with Gasteiger partial charge in [0.25, 0.3) is 0 Å². The van der Waals surface area contributed by atoms with E-state index in [0.717, 1.165) is 34.1 Å². The first-order valence-corrected chi connectivity index (χ1v) is 48.5. The monoisotopic (exact) mass is 1750 g/mol. The number of rotatable bonds is 12. The molecular weight excluding hydrogens is 1670 g/mol. The summed E-state index contributed by atoms with van der Waals surface area (Å²) in [5, 5.41) is 4.96. The number of aromatic nitrogens is 2. The highest BCUT2D eigenvalue weighted by molar-refractivity contribution is 6.14. The van der Waals surface area contributed by atoms with Gasteiger partial charge >= 0.3 is 0 Å². The average Bonchev–Trinajstić information content (AvgIpc) is 1.50. The highest BCUT2D eigenvalue weighted by atomic mass is 15.2. The van der Waals surface area contributed by atoms with Crippen molar-refractivity contribution in [1.82, 2.24) is 9.13 Å². The number of nitrogens with zero attached hydrogens (tertiary/aromatic N) is 4. The maximum Gasteiger partial charge on any atom is 0.0727 e. The topological polar surface area (TPSA) is 16.3 Å². The fraction of sp³-hybridized carbons (Fsp3) is 0.0597. The smallest absolute Gasteiger partial charge is 0.0727 e. The Bertz CT molecular complexity index is 8950. The molecular formula is C134H90N4. The minimum absolute atomic E-state index is 0.339. The van der Waals surface area contributed by atoms with E-state index >= 15 is 0 Å². The second-order valence-electron chi connectivity index (χ2n) is 39.6. The Morgan fingerprint density at radius 2 is 0.435 bits per heavy atom. The molecule has 646 valence electrons. The van der Waals surface area contributed by atoms with Crippen LogP contribution in [-0.2, 0) is 21.7 Å². The molecule has 0 fully saturated rings. The fourth-order valence-electron chi connectivity index (χ4n) is 26.1. The number of hydrogen-bond donors (Lipinski definition) is 0. The van der Waals surface area contributed by atoms with Gasteiger partial charge in [-0.25, -0.2) is 0 Å². The highest BCUT2D eigenvalue weighted by Gasteiger charge is 2.55. The molecule has 4 heteroatoms. The van der Waals surface area contributed by atoms with Crippen LogP contribution in [0.4, 0.5) is 34.1 Å². The molecule has 6 aliphatic rings. The summed E-state index contributed by atoms with van der Waals surface area (Å²) in [6.45, 7) is 9.73. The number of para-hydroxylation sites is 3. The van der Waals surface area contributed by atoms with E-state index in [1.165, 1.54) is 233 Å². The minimum Gasteiger partial charge on any atom is -0.310 e. The molecule has 0 saturated carbocycles. The van der Waals surface area contributed by atoms with Crippen molar-refractivity contribution in [3.05, 3.63) is 540 Å². The van der Waals surface area contributed by atoms with Crippen LogP contribution < -0.4 is 9.80 Å². The summed E-state index contributed by atoms with van der Waals surface area (Å²) in [5.74, 6) is 0. The third-order valence-corrected chi connectivity index (χ3v) is 32.1. The van der Waals surface area contributed by atoms with Crippen molar-refractivity contribution in [2.24, 2.45) is 0 Å². The zero-order valence-electron chi connectivity index (χ0n) is 76.8. The minimum atomic E-state index is -0.655. The van der Waals surface area contributed by atoms with E-state index in [9.17, 15) is 0 Å². The first-order valence-electron chi connectivity index (χ1n) is 48.5. The highest BCUT2D eigenvalue weighted by Crippen LogP contribution is 2.68. The molecule has 23 aromatic rings. The Kier molecular flexibility index (Phi) is 16.6. The van der Waals surface area contributed by atoms with Gasteiger partial charge in [0.2, 0.25) is 0 Å². The molecule has 29 rings (SSSR count). The number of fused-ring (bicyclic) bond motifs is 32. The first-order chi connectivity index (χ1) is 68.0. The van der Waals surface area contributed by atoms with E-state index in [4.69, 9.17) is 0 Å². The Morgan fingerprint density at radius 3 is 0.826 bits per heavy atom. The van der Waals surface area contributed by atoms with Gasteiger partial charge in [-0.15, -0.1) is 0 Å². The van der Waals surface area contributed by atoms with Gasteiger partial charge in [0.05, 0.1) is 44.3 Å². The lowest BCUT2D eigenvalue weighted by Gasteiger charge is -2.32. The predicted molar refractivity (Wildman–Crippen MR) is 574 cm³/mol. The lowest BCUT2D eigenvalue weighted by molar-refractivity contribution is 0.660. The normalized spacial score (nSPS) is 14.2. The van der Waals surface area contributed by atoms with E-state index in [1.807, 2.05) is 0 Å². The zero-order valence-corrected chi connectivity index (χ0v) is 76.8. The van der Waals surface area contributed by atoms with Crippen molar-refractivity contribution in [2.45, 2.75) is 49.4 Å². The van der Waals surface area contributed by atoms with E-state index in [2.05, 4.69) is 520 Å². The van der Waals surface area contributed by atoms with Gasteiger partial charge in [0.1, 0.15) is 0 Å². The summed E-state index contributed by atoms with van der Waals surface area (Å²) in [6.07, 6.45) is 0. The molecule has 2 heterocycles. The number of hydrogen-bond acceptors (Lipinski definition) is 2. The molecule has 4 nitrogen and oxygen atoms in total. The zero-order chi connectivity index (χ0) is 91.2. The van der Waals surface area contributed by atoms with Crippen molar-refractivity contribution < 1.29 is 0 Å². The Hall–Kier alpha value is -17.2. The Labute approximate surface area is 802 Å². The molecule has 2 spiro atoms. The van der Waals surface area contributed by atoms with Crippen LogP contribution in [0.2, 0.25) is 0 Å². The summed E-state index contributed by atoms with van der Waals surface area (Å²) in [6, 6.07) is 180. The average molecular weight is 1760 g/mol. The summed E-state index contributed by atoms with van der Waals surface area (Å²) in [7, 11) is 0. The molecule has 0 amide bonds. The molecule has 0 aliphatic heterocycles. The SMILES string of the molecule is CC1(C)c2ccc(-c3ccc4c(c3)-c3ccc(N(c5ccc(-c6ccccc6)cc5)c5ccc6c(c5)C5(c7ccccc7-c7ccccc75)c5cccc(-n7c8ccccc8c8cc(-c9ccccc9)ccc87)c5-6)cc3C4(C)C)cc2-c2ccc(N(c3ccc(-c4ccccc4)cc3)c3ccc4c(c3)C3(c5ccccc5-c5ccccc53)c3cccc(-n5c6ccccc6c6ccccc65)c3-4)cc21. The van der Waals surface area contributed by atoms with Crippen LogP contribution in [0.1, 0.15) is 94.5 Å². The molecule has 0 radical (unpaired) electrons. The van der Waals surface area contributed by atoms with Gasteiger partial charge in [-0.3, -0.25) is 0 Å². The van der Waals surface area contributed by atoms with E-state index in [-0.39, 0.29) is 10.8 Å². The van der Waals surface area contributed by atoms with Gasteiger partial charge in [-0.1, -0.05) is 373 Å².